The molecule has 1 aliphatic heterocycles. The molecule has 1 aromatic carbocycles. The van der Waals surface area contributed by atoms with Gasteiger partial charge in [0.25, 0.3) is 0 Å². The van der Waals surface area contributed by atoms with Crippen LogP contribution in [0.1, 0.15) is 23.2 Å². The molecule has 1 aliphatic rings. The average molecular weight is 279 g/mol. The number of piperidine rings is 1. The number of aromatic carboxylic acids is 1. The van der Waals surface area contributed by atoms with Gasteiger partial charge in [-0.3, -0.25) is 4.90 Å². The molecule has 20 heavy (non-hydrogen) atoms. The minimum Gasteiger partial charge on any atom is -0.492 e. The van der Waals surface area contributed by atoms with Crippen molar-refractivity contribution in [2.45, 2.75) is 12.8 Å². The van der Waals surface area contributed by atoms with E-state index in [9.17, 15) is 4.79 Å². The quantitative estimate of drug-likeness (QED) is 0.825. The summed E-state index contributed by atoms with van der Waals surface area (Å²) < 4.78 is 5.61. The molecule has 5 heteroatoms. The van der Waals surface area contributed by atoms with Crippen molar-refractivity contribution in [1.82, 2.24) is 4.90 Å². The topological polar surface area (TPSA) is 70.0 Å². The smallest absolute Gasteiger partial charge is 0.335 e. The summed E-state index contributed by atoms with van der Waals surface area (Å²) in [6, 6.07) is 6.46. The first-order valence-corrected chi connectivity index (χ1v) is 6.98. The number of nitrogens with zero attached hydrogens (tertiary/aromatic N) is 1. The van der Waals surface area contributed by atoms with Crippen molar-refractivity contribution < 1.29 is 19.7 Å². The molecule has 110 valence electrons. The molecular weight excluding hydrogens is 258 g/mol. The molecule has 0 aliphatic carbocycles. The maximum Gasteiger partial charge on any atom is 0.335 e. The average Bonchev–Trinajstić information content (AvgIpc) is 2.48. The lowest BCUT2D eigenvalue weighted by atomic mass is 9.98. The summed E-state index contributed by atoms with van der Waals surface area (Å²) in [6.45, 7) is 3.76. The van der Waals surface area contributed by atoms with Crippen LogP contribution < -0.4 is 4.74 Å². The zero-order valence-corrected chi connectivity index (χ0v) is 11.5. The number of hydrogen-bond acceptors (Lipinski definition) is 4. The van der Waals surface area contributed by atoms with Gasteiger partial charge in [0.2, 0.25) is 0 Å². The number of carboxylic acids is 1. The first kappa shape index (κ1) is 14.8. The second-order valence-electron chi connectivity index (χ2n) is 5.15. The molecule has 1 fully saturated rings. The Morgan fingerprint density at radius 1 is 1.25 bits per heavy atom. The van der Waals surface area contributed by atoms with Gasteiger partial charge in [-0.25, -0.2) is 4.79 Å². The molecule has 2 N–H and O–H groups in total. The van der Waals surface area contributed by atoms with Crippen LogP contribution in [-0.2, 0) is 0 Å². The van der Waals surface area contributed by atoms with Gasteiger partial charge < -0.3 is 14.9 Å². The highest BCUT2D eigenvalue weighted by molar-refractivity contribution is 5.87. The molecule has 1 aromatic rings. The van der Waals surface area contributed by atoms with E-state index >= 15 is 0 Å². The molecule has 0 bridgehead atoms. The molecule has 5 nitrogen and oxygen atoms in total. The van der Waals surface area contributed by atoms with Crippen molar-refractivity contribution in [1.29, 1.82) is 0 Å². The van der Waals surface area contributed by atoms with Crippen molar-refractivity contribution in [2.75, 3.05) is 32.8 Å². The van der Waals surface area contributed by atoms with Gasteiger partial charge >= 0.3 is 5.97 Å². The van der Waals surface area contributed by atoms with Crippen LogP contribution in [0.3, 0.4) is 0 Å². The second kappa shape index (κ2) is 7.26. The number of hydrogen-bond donors (Lipinski definition) is 2. The van der Waals surface area contributed by atoms with Gasteiger partial charge in [-0.1, -0.05) is 0 Å². The molecule has 0 unspecified atom stereocenters. The van der Waals surface area contributed by atoms with Crippen LogP contribution in [0, 0.1) is 5.92 Å². The van der Waals surface area contributed by atoms with Crippen molar-refractivity contribution in [2.24, 2.45) is 5.92 Å². The third-order valence-electron chi connectivity index (χ3n) is 3.74. The second-order valence-corrected chi connectivity index (χ2v) is 5.15. The van der Waals surface area contributed by atoms with E-state index < -0.39 is 5.97 Å². The summed E-state index contributed by atoms with van der Waals surface area (Å²) in [5.41, 5.74) is 0.267. The number of carboxylic acid groups (broad SMARTS) is 1. The Kier molecular flexibility index (Phi) is 5.38. The molecule has 1 heterocycles. The zero-order chi connectivity index (χ0) is 14.4. The molecule has 0 radical (unpaired) electrons. The van der Waals surface area contributed by atoms with Crippen molar-refractivity contribution >= 4 is 5.97 Å². The molecule has 0 saturated carbocycles. The fraction of sp³-hybridized carbons (Fsp3) is 0.533. The summed E-state index contributed by atoms with van der Waals surface area (Å²) in [5, 5.41) is 17.9. The Morgan fingerprint density at radius 3 is 2.45 bits per heavy atom. The van der Waals surface area contributed by atoms with E-state index in [1.165, 1.54) is 0 Å². The predicted octanol–water partition coefficient (Wildman–Crippen LogP) is 1.47. The van der Waals surface area contributed by atoms with E-state index in [2.05, 4.69) is 4.90 Å². The highest BCUT2D eigenvalue weighted by atomic mass is 16.5. The Labute approximate surface area is 118 Å². The monoisotopic (exact) mass is 279 g/mol. The number of benzene rings is 1. The number of carbonyl (C=O) groups is 1. The van der Waals surface area contributed by atoms with E-state index in [4.69, 9.17) is 14.9 Å². The summed E-state index contributed by atoms with van der Waals surface area (Å²) in [5.74, 6) is 0.222. The number of aliphatic hydroxyl groups excluding tert-OH is 1. The van der Waals surface area contributed by atoms with Crippen molar-refractivity contribution in [3.05, 3.63) is 29.8 Å². The molecule has 0 amide bonds. The predicted molar refractivity (Wildman–Crippen MR) is 75.1 cm³/mol. The summed E-state index contributed by atoms with van der Waals surface area (Å²) >= 11 is 0. The Balaban J connectivity index is 1.69. The van der Waals surface area contributed by atoms with E-state index in [-0.39, 0.29) is 5.56 Å². The number of ether oxygens (including phenoxy) is 1. The molecule has 2 rings (SSSR count). The summed E-state index contributed by atoms with van der Waals surface area (Å²) in [7, 11) is 0. The van der Waals surface area contributed by atoms with E-state index in [0.717, 1.165) is 32.5 Å². The maximum absolute atomic E-state index is 10.7. The van der Waals surface area contributed by atoms with Crippen molar-refractivity contribution in [3.8, 4) is 5.75 Å². The van der Waals surface area contributed by atoms with E-state index in [0.29, 0.717) is 24.9 Å². The lowest BCUT2D eigenvalue weighted by Gasteiger charge is -2.30. The molecule has 0 atom stereocenters. The maximum atomic E-state index is 10.7. The highest BCUT2D eigenvalue weighted by Gasteiger charge is 2.17. The van der Waals surface area contributed by atoms with E-state index in [1.54, 1.807) is 24.3 Å². The fourth-order valence-corrected chi connectivity index (χ4v) is 2.38. The van der Waals surface area contributed by atoms with Crippen LogP contribution in [0.15, 0.2) is 24.3 Å². The summed E-state index contributed by atoms with van der Waals surface area (Å²) in [6.07, 6.45) is 2.09. The van der Waals surface area contributed by atoms with Crippen LogP contribution in [0.2, 0.25) is 0 Å². The molecule has 0 aromatic heterocycles. The minimum absolute atomic E-state index is 0.267. The Morgan fingerprint density at radius 2 is 1.90 bits per heavy atom. The molecular formula is C15H21NO4. The van der Waals surface area contributed by atoms with Gasteiger partial charge in [-0.05, 0) is 56.1 Å². The third-order valence-corrected chi connectivity index (χ3v) is 3.74. The number of likely N-dealkylation sites (tertiary alicyclic amines) is 1. The number of rotatable bonds is 6. The highest BCUT2D eigenvalue weighted by Crippen LogP contribution is 2.16. The van der Waals surface area contributed by atoms with Crippen LogP contribution >= 0.6 is 0 Å². The van der Waals surface area contributed by atoms with Gasteiger partial charge in [0.15, 0.2) is 0 Å². The van der Waals surface area contributed by atoms with Crippen molar-refractivity contribution in [3.63, 3.8) is 0 Å². The molecule has 0 spiro atoms. The normalized spacial score (nSPS) is 17.1. The van der Waals surface area contributed by atoms with Crippen LogP contribution in [0.4, 0.5) is 0 Å². The number of aliphatic hydroxyl groups is 1. The summed E-state index contributed by atoms with van der Waals surface area (Å²) in [4.78, 5) is 13.0. The van der Waals surface area contributed by atoms with E-state index in [1.807, 2.05) is 0 Å². The van der Waals surface area contributed by atoms with Gasteiger partial charge in [0.05, 0.1) is 5.56 Å². The minimum atomic E-state index is -0.927. The zero-order valence-electron chi connectivity index (χ0n) is 11.5. The van der Waals surface area contributed by atoms with Gasteiger partial charge in [0, 0.05) is 13.2 Å². The lowest BCUT2D eigenvalue weighted by molar-refractivity contribution is 0.0697. The van der Waals surface area contributed by atoms with Gasteiger partial charge in [-0.2, -0.15) is 0 Å². The van der Waals surface area contributed by atoms with Gasteiger partial charge in [-0.15, -0.1) is 0 Å². The third kappa shape index (κ3) is 4.21. The molecule has 1 saturated heterocycles. The Bertz CT molecular complexity index is 424. The Hall–Kier alpha value is -1.59. The SMILES string of the molecule is O=C(O)c1ccc(OCCN2CCC(CO)CC2)cc1. The lowest BCUT2D eigenvalue weighted by Crippen LogP contribution is -2.37. The largest absolute Gasteiger partial charge is 0.492 e. The van der Waals surface area contributed by atoms with Crippen LogP contribution in [0.5, 0.6) is 5.75 Å². The van der Waals surface area contributed by atoms with Crippen LogP contribution in [0.25, 0.3) is 0 Å². The van der Waals surface area contributed by atoms with Gasteiger partial charge in [0.1, 0.15) is 12.4 Å². The fourth-order valence-electron chi connectivity index (χ4n) is 2.38. The first-order valence-electron chi connectivity index (χ1n) is 6.98. The van der Waals surface area contributed by atoms with Crippen LogP contribution in [-0.4, -0.2) is 53.9 Å². The standard InChI is InChI=1S/C15H21NO4/c17-11-12-5-7-16(8-6-12)9-10-20-14-3-1-13(2-4-14)15(18)19/h1-4,12,17H,5-11H2,(H,18,19). The first-order chi connectivity index (χ1) is 9.69.